The van der Waals surface area contributed by atoms with Crippen LogP contribution in [0.4, 0.5) is 6.01 Å². The summed E-state index contributed by atoms with van der Waals surface area (Å²) in [6.07, 6.45) is 3.08. The number of anilines is 1. The van der Waals surface area contributed by atoms with Crippen molar-refractivity contribution in [3.05, 3.63) is 17.8 Å². The lowest BCUT2D eigenvalue weighted by atomic mass is 10.3. The third-order valence-electron chi connectivity index (χ3n) is 4.39. The van der Waals surface area contributed by atoms with Gasteiger partial charge in [-0.15, -0.1) is 0 Å². The third-order valence-corrected chi connectivity index (χ3v) is 4.39. The highest BCUT2D eigenvalue weighted by Crippen LogP contribution is 2.31. The van der Waals surface area contributed by atoms with E-state index in [1.54, 1.807) is 0 Å². The van der Waals surface area contributed by atoms with E-state index in [1.165, 1.54) is 0 Å². The minimum Gasteiger partial charge on any atom is -0.422 e. The summed E-state index contributed by atoms with van der Waals surface area (Å²) < 4.78 is 5.82. The highest BCUT2D eigenvalue weighted by atomic mass is 16.4. The first-order valence-electron chi connectivity index (χ1n) is 7.98. The molecule has 1 saturated heterocycles. The standard InChI is InChI=1S/C16H20N4O2/c1-11-3-6-13-14(17-11)18-16(22-13)20-8-2-7-19(9-10-20)15(21)12-4-5-12/h3,6,12H,2,4-5,7-10H2,1H3. The molecule has 6 nitrogen and oxygen atoms in total. The monoisotopic (exact) mass is 300 g/mol. The van der Waals surface area contributed by atoms with Gasteiger partial charge in [0, 0.05) is 37.8 Å². The zero-order valence-corrected chi connectivity index (χ0v) is 12.8. The van der Waals surface area contributed by atoms with E-state index in [9.17, 15) is 4.79 Å². The van der Waals surface area contributed by atoms with E-state index in [2.05, 4.69) is 14.9 Å². The SMILES string of the molecule is Cc1ccc2oc(N3CCCN(C(=O)C4CC4)CC3)nc2n1. The molecule has 0 spiro atoms. The molecule has 2 aromatic rings. The number of pyridine rings is 1. The van der Waals surface area contributed by atoms with Gasteiger partial charge in [-0.3, -0.25) is 4.79 Å². The molecule has 2 aliphatic rings. The Morgan fingerprint density at radius 3 is 2.86 bits per heavy atom. The van der Waals surface area contributed by atoms with Gasteiger partial charge >= 0.3 is 0 Å². The average molecular weight is 300 g/mol. The summed E-state index contributed by atoms with van der Waals surface area (Å²) in [7, 11) is 0. The summed E-state index contributed by atoms with van der Waals surface area (Å²) in [5.41, 5.74) is 2.31. The van der Waals surface area contributed by atoms with Crippen molar-refractivity contribution in [3.8, 4) is 0 Å². The zero-order chi connectivity index (χ0) is 15.1. The number of oxazole rings is 1. The summed E-state index contributed by atoms with van der Waals surface area (Å²) >= 11 is 0. The second-order valence-corrected chi connectivity index (χ2v) is 6.21. The molecule has 1 aliphatic carbocycles. The first-order chi connectivity index (χ1) is 10.7. The lowest BCUT2D eigenvalue weighted by Crippen LogP contribution is -2.36. The minimum absolute atomic E-state index is 0.294. The molecular weight excluding hydrogens is 280 g/mol. The Bertz CT molecular complexity index is 707. The van der Waals surface area contributed by atoms with Gasteiger partial charge in [0.15, 0.2) is 5.58 Å². The Balaban J connectivity index is 1.50. The number of aryl methyl sites for hydroxylation is 1. The van der Waals surface area contributed by atoms with Gasteiger partial charge in [-0.25, -0.2) is 4.98 Å². The minimum atomic E-state index is 0.294. The van der Waals surface area contributed by atoms with E-state index in [0.717, 1.165) is 56.7 Å². The number of hydrogen-bond donors (Lipinski definition) is 0. The van der Waals surface area contributed by atoms with Crippen molar-refractivity contribution < 1.29 is 9.21 Å². The van der Waals surface area contributed by atoms with Crippen LogP contribution in [0.25, 0.3) is 11.2 Å². The van der Waals surface area contributed by atoms with E-state index in [-0.39, 0.29) is 0 Å². The summed E-state index contributed by atoms with van der Waals surface area (Å²) in [5.74, 6) is 0.625. The molecule has 116 valence electrons. The second-order valence-electron chi connectivity index (χ2n) is 6.21. The fourth-order valence-electron chi connectivity index (χ4n) is 2.95. The molecule has 1 aliphatic heterocycles. The van der Waals surface area contributed by atoms with E-state index < -0.39 is 0 Å². The quantitative estimate of drug-likeness (QED) is 0.848. The van der Waals surface area contributed by atoms with E-state index in [4.69, 9.17) is 4.42 Å². The zero-order valence-electron chi connectivity index (χ0n) is 12.8. The normalized spacial score (nSPS) is 19.5. The highest BCUT2D eigenvalue weighted by molar-refractivity contribution is 5.81. The first kappa shape index (κ1) is 13.5. The topological polar surface area (TPSA) is 62.5 Å². The van der Waals surface area contributed by atoms with Crippen molar-refractivity contribution >= 4 is 23.2 Å². The van der Waals surface area contributed by atoms with Gasteiger partial charge in [0.1, 0.15) is 0 Å². The Kier molecular flexibility index (Phi) is 3.24. The predicted octanol–water partition coefficient (Wildman–Crippen LogP) is 1.98. The van der Waals surface area contributed by atoms with Crippen LogP contribution in [0.1, 0.15) is 25.0 Å². The lowest BCUT2D eigenvalue weighted by molar-refractivity contribution is -0.132. The molecule has 0 radical (unpaired) electrons. The molecule has 2 fully saturated rings. The Morgan fingerprint density at radius 1 is 1.18 bits per heavy atom. The maximum Gasteiger partial charge on any atom is 0.300 e. The van der Waals surface area contributed by atoms with Gasteiger partial charge in [0.05, 0.1) is 0 Å². The summed E-state index contributed by atoms with van der Waals surface area (Å²) in [5, 5.41) is 0. The van der Waals surface area contributed by atoms with Crippen molar-refractivity contribution in [3.63, 3.8) is 0 Å². The molecule has 0 aromatic carbocycles. The molecule has 1 amide bonds. The van der Waals surface area contributed by atoms with E-state index >= 15 is 0 Å². The van der Waals surface area contributed by atoms with Crippen LogP contribution in [0, 0.1) is 12.8 Å². The van der Waals surface area contributed by atoms with Crippen LogP contribution in [-0.2, 0) is 4.79 Å². The highest BCUT2D eigenvalue weighted by Gasteiger charge is 2.34. The molecule has 0 N–H and O–H groups in total. The number of carbonyl (C=O) groups is 1. The van der Waals surface area contributed by atoms with Crippen LogP contribution in [-0.4, -0.2) is 47.0 Å². The van der Waals surface area contributed by atoms with Crippen LogP contribution in [0.2, 0.25) is 0 Å². The van der Waals surface area contributed by atoms with Gasteiger partial charge in [0.2, 0.25) is 11.6 Å². The van der Waals surface area contributed by atoms with E-state index in [0.29, 0.717) is 23.5 Å². The molecule has 4 rings (SSSR count). The van der Waals surface area contributed by atoms with Gasteiger partial charge in [0.25, 0.3) is 6.01 Å². The number of hydrogen-bond acceptors (Lipinski definition) is 5. The fraction of sp³-hybridized carbons (Fsp3) is 0.562. The number of amides is 1. The summed E-state index contributed by atoms with van der Waals surface area (Å²) in [6, 6.07) is 4.46. The van der Waals surface area contributed by atoms with Crippen LogP contribution < -0.4 is 4.90 Å². The maximum absolute atomic E-state index is 12.2. The second kappa shape index (κ2) is 5.26. The van der Waals surface area contributed by atoms with Gasteiger partial charge < -0.3 is 14.2 Å². The van der Waals surface area contributed by atoms with Crippen LogP contribution in [0.3, 0.4) is 0 Å². The van der Waals surface area contributed by atoms with Crippen LogP contribution in [0.5, 0.6) is 0 Å². The summed E-state index contributed by atoms with van der Waals surface area (Å²) in [4.78, 5) is 25.2. The number of aromatic nitrogens is 2. The number of fused-ring (bicyclic) bond motifs is 1. The molecule has 1 saturated carbocycles. The van der Waals surface area contributed by atoms with Crippen molar-refractivity contribution in [2.24, 2.45) is 5.92 Å². The average Bonchev–Trinajstić information content (AvgIpc) is 3.30. The van der Waals surface area contributed by atoms with Crippen LogP contribution >= 0.6 is 0 Å². The predicted molar refractivity (Wildman–Crippen MR) is 82.7 cm³/mol. The molecule has 0 bridgehead atoms. The third kappa shape index (κ3) is 2.53. The number of carbonyl (C=O) groups excluding carboxylic acids is 1. The van der Waals surface area contributed by atoms with Gasteiger partial charge in [-0.1, -0.05) is 0 Å². The number of rotatable bonds is 2. The summed E-state index contributed by atoms with van der Waals surface area (Å²) in [6.45, 7) is 5.16. The maximum atomic E-state index is 12.2. The molecule has 0 unspecified atom stereocenters. The van der Waals surface area contributed by atoms with E-state index in [1.807, 2.05) is 24.0 Å². The molecular formula is C16H20N4O2. The molecule has 6 heteroatoms. The van der Waals surface area contributed by atoms with Crippen molar-refractivity contribution in [1.29, 1.82) is 0 Å². The molecule has 0 atom stereocenters. The Hall–Kier alpha value is -2.11. The fourth-order valence-corrected chi connectivity index (χ4v) is 2.95. The van der Waals surface area contributed by atoms with Crippen LogP contribution in [0.15, 0.2) is 16.5 Å². The van der Waals surface area contributed by atoms with Crippen molar-refractivity contribution in [2.45, 2.75) is 26.2 Å². The largest absolute Gasteiger partial charge is 0.422 e. The number of nitrogens with zero attached hydrogens (tertiary/aromatic N) is 4. The smallest absolute Gasteiger partial charge is 0.300 e. The Morgan fingerprint density at radius 2 is 2.05 bits per heavy atom. The molecule has 3 heterocycles. The van der Waals surface area contributed by atoms with Crippen molar-refractivity contribution in [1.82, 2.24) is 14.9 Å². The Labute approximate surface area is 129 Å². The van der Waals surface area contributed by atoms with Gasteiger partial charge in [-0.2, -0.15) is 4.98 Å². The first-order valence-corrected chi connectivity index (χ1v) is 7.98. The van der Waals surface area contributed by atoms with Crippen molar-refractivity contribution in [2.75, 3.05) is 31.1 Å². The van der Waals surface area contributed by atoms with Gasteiger partial charge in [-0.05, 0) is 38.3 Å². The lowest BCUT2D eigenvalue weighted by Gasteiger charge is -2.21. The molecule has 2 aromatic heterocycles. The molecule has 22 heavy (non-hydrogen) atoms.